The van der Waals surface area contributed by atoms with E-state index < -0.39 is 0 Å². The second kappa shape index (κ2) is 20.2. The second-order valence-corrected chi connectivity index (χ2v) is 13.1. The quantitative estimate of drug-likeness (QED) is 0.0483. The number of ether oxygens (including phenoxy) is 3. The van der Waals surface area contributed by atoms with E-state index in [4.69, 9.17) is 14.2 Å². The number of anilines is 1. The molecule has 0 fully saturated rings. The lowest BCUT2D eigenvalue weighted by Gasteiger charge is -2.19. The van der Waals surface area contributed by atoms with Crippen molar-refractivity contribution < 1.29 is 23.8 Å². The number of azo groups is 2. The predicted molar refractivity (Wildman–Crippen MR) is 192 cm³/mol. The minimum atomic E-state index is -0.193. The molecule has 2 aromatic carbocycles. The normalized spacial score (nSPS) is 11.5. The lowest BCUT2D eigenvalue weighted by molar-refractivity contribution is -0.144. The summed E-state index contributed by atoms with van der Waals surface area (Å²) in [5, 5.41) is 18.8. The van der Waals surface area contributed by atoms with E-state index in [-0.39, 0.29) is 11.9 Å². The highest BCUT2D eigenvalue weighted by atomic mass is 32.1. The topological polar surface area (TPSA) is 127 Å². The highest BCUT2D eigenvalue weighted by molar-refractivity contribution is 7.30. The molecule has 0 N–H and O–H groups in total. The van der Waals surface area contributed by atoms with Crippen LogP contribution in [0.25, 0.3) is 9.53 Å². The first kappa shape index (κ1) is 36.6. The van der Waals surface area contributed by atoms with Gasteiger partial charge in [0.05, 0.1) is 35.8 Å². The number of thiazole rings is 1. The van der Waals surface area contributed by atoms with Gasteiger partial charge in [-0.2, -0.15) is 0 Å². The Balaban J connectivity index is 1.13. The molecule has 0 atom stereocenters. The van der Waals surface area contributed by atoms with Crippen LogP contribution in [-0.4, -0.2) is 50.3 Å². The van der Waals surface area contributed by atoms with Crippen LogP contribution in [0.5, 0.6) is 5.75 Å². The molecule has 0 aliphatic heterocycles. The van der Waals surface area contributed by atoms with Gasteiger partial charge < -0.3 is 19.1 Å². The van der Waals surface area contributed by atoms with E-state index >= 15 is 0 Å². The molecule has 48 heavy (non-hydrogen) atoms. The number of hydrogen-bond donors (Lipinski definition) is 0. The Labute approximate surface area is 290 Å². The van der Waals surface area contributed by atoms with Gasteiger partial charge in [-0.15, -0.1) is 20.5 Å². The van der Waals surface area contributed by atoms with Gasteiger partial charge in [0.15, 0.2) is 0 Å². The summed E-state index contributed by atoms with van der Waals surface area (Å²) in [6.45, 7) is 5.79. The molecule has 2 aromatic heterocycles. The number of thiophene rings is 1. The van der Waals surface area contributed by atoms with Crippen molar-refractivity contribution in [2.75, 3.05) is 38.3 Å². The van der Waals surface area contributed by atoms with Crippen LogP contribution in [-0.2, 0) is 19.1 Å². The van der Waals surface area contributed by atoms with Gasteiger partial charge in [0.2, 0.25) is 5.13 Å². The van der Waals surface area contributed by atoms with Gasteiger partial charge in [0.1, 0.15) is 22.2 Å². The Morgan fingerprint density at radius 2 is 1.29 bits per heavy atom. The van der Waals surface area contributed by atoms with Gasteiger partial charge in [-0.3, -0.25) is 9.59 Å². The van der Waals surface area contributed by atoms with Gasteiger partial charge >= 0.3 is 11.9 Å². The molecule has 11 nitrogen and oxygen atoms in total. The van der Waals surface area contributed by atoms with Crippen molar-refractivity contribution in [1.82, 2.24) is 4.98 Å². The number of hydrogen-bond acceptors (Lipinski definition) is 13. The maximum Gasteiger partial charge on any atom is 0.305 e. The molecule has 0 bridgehead atoms. The third kappa shape index (κ3) is 12.8. The molecule has 0 unspecified atom stereocenters. The summed E-state index contributed by atoms with van der Waals surface area (Å²) in [5.41, 5.74) is 2.47. The molecule has 256 valence electrons. The summed E-state index contributed by atoms with van der Waals surface area (Å²) in [5.74, 6) is 0.520. The van der Waals surface area contributed by atoms with Crippen LogP contribution in [0.4, 0.5) is 27.2 Å². The number of esters is 2. The third-order valence-electron chi connectivity index (χ3n) is 7.29. The number of carbonyl (C=O) groups is 2. The molecular weight excluding hydrogens is 649 g/mol. The van der Waals surface area contributed by atoms with Gasteiger partial charge in [-0.05, 0) is 67.4 Å². The minimum Gasteiger partial charge on any atom is -0.494 e. The molecule has 0 radical (unpaired) electrons. The Morgan fingerprint density at radius 3 is 1.94 bits per heavy atom. The Kier molecular flexibility index (Phi) is 15.4. The second-order valence-electron chi connectivity index (χ2n) is 11.1. The summed E-state index contributed by atoms with van der Waals surface area (Å²) in [4.78, 5) is 29.9. The van der Waals surface area contributed by atoms with Crippen molar-refractivity contribution in [1.29, 1.82) is 0 Å². The fraction of sp³-hybridized carbons (Fsp3) is 0.457. The van der Waals surface area contributed by atoms with Crippen molar-refractivity contribution in [2.45, 2.75) is 71.6 Å². The van der Waals surface area contributed by atoms with E-state index in [2.05, 4.69) is 25.4 Å². The Morgan fingerprint density at radius 1 is 0.708 bits per heavy atom. The van der Waals surface area contributed by atoms with Crippen LogP contribution in [0.2, 0.25) is 0 Å². The third-order valence-corrected chi connectivity index (χ3v) is 9.22. The molecule has 0 spiro atoms. The molecule has 0 saturated carbocycles. The fourth-order valence-corrected chi connectivity index (χ4v) is 6.34. The Hall–Kier alpha value is -4.23. The van der Waals surface area contributed by atoms with E-state index in [1.165, 1.54) is 41.9 Å². The Bertz CT molecular complexity index is 1590. The molecule has 0 aliphatic carbocycles. The monoisotopic (exact) mass is 692 g/mol. The smallest absolute Gasteiger partial charge is 0.305 e. The van der Waals surface area contributed by atoms with E-state index in [0.29, 0.717) is 44.3 Å². The number of aromatic nitrogens is 1. The average molecular weight is 693 g/mol. The van der Waals surface area contributed by atoms with Gasteiger partial charge in [-0.1, -0.05) is 68.6 Å². The van der Waals surface area contributed by atoms with Crippen molar-refractivity contribution in [3.63, 3.8) is 0 Å². The number of fused-ring (bicyclic) bond motifs is 1. The van der Waals surface area contributed by atoms with Gasteiger partial charge in [0, 0.05) is 25.6 Å². The number of nitrogens with zero attached hydrogens (tertiary/aromatic N) is 6. The first-order valence-electron chi connectivity index (χ1n) is 16.5. The van der Waals surface area contributed by atoms with Crippen LogP contribution in [0.15, 0.2) is 75.1 Å². The van der Waals surface area contributed by atoms with Crippen molar-refractivity contribution in [2.24, 2.45) is 20.5 Å². The molecule has 0 aliphatic rings. The summed E-state index contributed by atoms with van der Waals surface area (Å²) in [6, 6.07) is 17.3. The van der Waals surface area contributed by atoms with Gasteiger partial charge in [-0.25, -0.2) is 4.98 Å². The zero-order valence-corrected chi connectivity index (χ0v) is 29.6. The summed E-state index contributed by atoms with van der Waals surface area (Å²) < 4.78 is 17.1. The molecule has 0 saturated heterocycles. The minimum absolute atomic E-state index is 0.114. The number of carbonyl (C=O) groups excluding carboxylic acids is 2. The summed E-state index contributed by atoms with van der Waals surface area (Å²) >= 11 is 2.92. The SMILES string of the molecule is CCC(=O)OCCCCCCCCCOc1ccc(/N=N/c2cc3sc(/N=N/c4ccc(N(C)CCOC(=O)CC)cc4)nc3s2)cc1. The average Bonchev–Trinajstić information content (AvgIpc) is 3.68. The molecular formula is C35H44N6O5S2. The first-order valence-corrected chi connectivity index (χ1v) is 18.2. The molecule has 2 heterocycles. The molecule has 0 amide bonds. The molecule has 4 rings (SSSR count). The highest BCUT2D eigenvalue weighted by Gasteiger charge is 2.09. The lowest BCUT2D eigenvalue weighted by Crippen LogP contribution is -2.23. The van der Waals surface area contributed by atoms with E-state index in [1.807, 2.05) is 73.5 Å². The highest BCUT2D eigenvalue weighted by Crippen LogP contribution is 2.39. The number of unbranched alkanes of at least 4 members (excludes halogenated alkanes) is 6. The van der Waals surface area contributed by atoms with Crippen LogP contribution in [0.1, 0.15) is 71.6 Å². The number of benzene rings is 2. The maximum absolute atomic E-state index is 11.3. The van der Waals surface area contributed by atoms with E-state index in [0.717, 1.165) is 63.0 Å². The fourth-order valence-electron chi connectivity index (χ4n) is 4.49. The zero-order chi connectivity index (χ0) is 34.0. The number of rotatable bonds is 21. The standard InChI is InChI=1S/C35H44N6O5S2/c1-4-32(42)45-23-12-10-8-6-7-9-11-22-44-29-19-15-27(16-20-29)37-39-31-25-30-34(48-31)36-35(47-30)40-38-26-13-17-28(18-14-26)41(3)21-24-46-33(43)5-2/h13-20,25H,4-12,21-24H2,1-3H3/b39-37+,40-38+. The lowest BCUT2D eigenvalue weighted by atomic mass is 10.1. The summed E-state index contributed by atoms with van der Waals surface area (Å²) in [6.07, 6.45) is 8.60. The van der Waals surface area contributed by atoms with Crippen LogP contribution >= 0.6 is 22.7 Å². The van der Waals surface area contributed by atoms with Crippen LogP contribution in [0.3, 0.4) is 0 Å². The van der Waals surface area contributed by atoms with Crippen LogP contribution < -0.4 is 9.64 Å². The van der Waals surface area contributed by atoms with E-state index in [1.54, 1.807) is 6.92 Å². The number of likely N-dealkylation sites (N-methyl/N-ethyl adjacent to an activating group) is 1. The van der Waals surface area contributed by atoms with Gasteiger partial charge in [0.25, 0.3) is 0 Å². The van der Waals surface area contributed by atoms with E-state index in [9.17, 15) is 9.59 Å². The summed E-state index contributed by atoms with van der Waals surface area (Å²) in [7, 11) is 1.95. The molecule has 4 aromatic rings. The first-order chi connectivity index (χ1) is 23.4. The van der Waals surface area contributed by atoms with Crippen molar-refractivity contribution in [3.05, 3.63) is 54.6 Å². The zero-order valence-electron chi connectivity index (χ0n) is 27.9. The maximum atomic E-state index is 11.3. The van der Waals surface area contributed by atoms with Crippen molar-refractivity contribution >= 4 is 71.3 Å². The van der Waals surface area contributed by atoms with Crippen molar-refractivity contribution in [3.8, 4) is 5.75 Å². The largest absolute Gasteiger partial charge is 0.494 e. The predicted octanol–water partition coefficient (Wildman–Crippen LogP) is 10.6. The molecule has 13 heteroatoms. The van der Waals surface area contributed by atoms with Crippen LogP contribution in [0, 0.1) is 0 Å².